The highest BCUT2D eigenvalue weighted by Gasteiger charge is 2.37. The van der Waals surface area contributed by atoms with Gasteiger partial charge in [-0.05, 0) is 62.6 Å². The van der Waals surface area contributed by atoms with E-state index in [9.17, 15) is 17.6 Å². The molecule has 4 rings (SSSR count). The molecule has 0 aliphatic carbocycles. The first-order chi connectivity index (χ1) is 18.5. The van der Waals surface area contributed by atoms with Crippen LogP contribution in [0.1, 0.15) is 44.7 Å². The molecule has 0 radical (unpaired) electrons. The molecule has 208 valence electrons. The maximum Gasteiger partial charge on any atom is 0.303 e. The number of carboxylic acids is 1. The summed E-state index contributed by atoms with van der Waals surface area (Å²) in [6.45, 7) is 5.81. The Morgan fingerprint density at radius 1 is 1.31 bits per heavy atom. The Balaban J connectivity index is 1.81. The maximum atomic E-state index is 14.5. The second kappa shape index (κ2) is 11.7. The number of aryl methyl sites for hydroxylation is 1. The van der Waals surface area contributed by atoms with Crippen LogP contribution in [0.25, 0.3) is 11.6 Å². The van der Waals surface area contributed by atoms with Crippen molar-refractivity contribution >= 4 is 44.9 Å². The van der Waals surface area contributed by atoms with Crippen LogP contribution < -0.4 is 13.8 Å². The van der Waals surface area contributed by atoms with Crippen molar-refractivity contribution in [2.24, 2.45) is 0 Å². The standard InChI is InChI=1S/C27H29ClFN3O6S/c1-4-31-16-24(27(30-31)37-5-2)39(35,36)32-15-19(10-12-25(33)34)38-23-11-9-18(14-22(23)32)13-17(3)26-20(28)7-6-8-21(26)29/h6-9,11,13-14,16,19H,4-5,10,12,15H2,1-3H3,(H,33,34). The number of fused-ring (bicyclic) bond motifs is 1. The Morgan fingerprint density at radius 3 is 2.74 bits per heavy atom. The first-order valence-electron chi connectivity index (χ1n) is 12.4. The maximum absolute atomic E-state index is 14.5. The van der Waals surface area contributed by atoms with Gasteiger partial charge >= 0.3 is 5.97 Å². The molecule has 12 heteroatoms. The summed E-state index contributed by atoms with van der Waals surface area (Å²) in [5.41, 5.74) is 1.65. The van der Waals surface area contributed by atoms with Crippen LogP contribution in [0.2, 0.25) is 5.02 Å². The van der Waals surface area contributed by atoms with Gasteiger partial charge in [-0.3, -0.25) is 13.8 Å². The summed E-state index contributed by atoms with van der Waals surface area (Å²) in [4.78, 5) is 11.1. The Bertz CT molecular complexity index is 1500. The first-order valence-corrected chi connectivity index (χ1v) is 14.2. The van der Waals surface area contributed by atoms with Gasteiger partial charge in [-0.25, -0.2) is 12.8 Å². The van der Waals surface area contributed by atoms with Crippen LogP contribution in [0, 0.1) is 5.82 Å². The summed E-state index contributed by atoms with van der Waals surface area (Å²) >= 11 is 6.23. The molecular formula is C27H29ClFN3O6S. The third kappa shape index (κ3) is 6.04. The van der Waals surface area contributed by atoms with Crippen molar-refractivity contribution < 1.29 is 32.2 Å². The lowest BCUT2D eigenvalue weighted by atomic mass is 10.0. The van der Waals surface area contributed by atoms with Crippen LogP contribution in [-0.2, 0) is 21.4 Å². The molecule has 0 saturated carbocycles. The summed E-state index contributed by atoms with van der Waals surface area (Å²) < 4.78 is 56.8. The van der Waals surface area contributed by atoms with E-state index in [0.29, 0.717) is 17.7 Å². The van der Waals surface area contributed by atoms with Gasteiger partial charge in [-0.2, -0.15) is 0 Å². The van der Waals surface area contributed by atoms with E-state index in [0.717, 1.165) is 0 Å². The van der Waals surface area contributed by atoms with Crippen LogP contribution in [-0.4, -0.2) is 48.5 Å². The topological polar surface area (TPSA) is 111 Å². The predicted molar refractivity (Wildman–Crippen MR) is 146 cm³/mol. The molecule has 9 nitrogen and oxygen atoms in total. The Morgan fingerprint density at radius 2 is 2.08 bits per heavy atom. The van der Waals surface area contributed by atoms with Crippen LogP contribution in [0.5, 0.6) is 11.6 Å². The summed E-state index contributed by atoms with van der Waals surface area (Å²) in [5, 5.41) is 13.7. The third-order valence-electron chi connectivity index (χ3n) is 6.20. The summed E-state index contributed by atoms with van der Waals surface area (Å²) in [7, 11) is -4.20. The number of hydrogen-bond acceptors (Lipinski definition) is 6. The minimum atomic E-state index is -4.20. The molecule has 0 bridgehead atoms. The zero-order chi connectivity index (χ0) is 28.3. The number of rotatable bonds is 10. The van der Waals surface area contributed by atoms with Crippen molar-refractivity contribution in [3.8, 4) is 11.6 Å². The largest absolute Gasteiger partial charge is 0.486 e. The van der Waals surface area contributed by atoms with E-state index >= 15 is 0 Å². The Labute approximate surface area is 231 Å². The van der Waals surface area contributed by atoms with Crippen molar-refractivity contribution in [2.75, 3.05) is 17.5 Å². The van der Waals surface area contributed by atoms with Crippen molar-refractivity contribution in [1.82, 2.24) is 9.78 Å². The van der Waals surface area contributed by atoms with Gasteiger partial charge < -0.3 is 14.6 Å². The number of allylic oxidation sites excluding steroid dienone is 1. The number of benzene rings is 2. The van der Waals surface area contributed by atoms with Gasteiger partial charge in [0.2, 0.25) is 0 Å². The number of ether oxygens (including phenoxy) is 2. The fourth-order valence-corrected chi connectivity index (χ4v) is 6.25. The van der Waals surface area contributed by atoms with Crippen molar-refractivity contribution in [3.05, 3.63) is 64.6 Å². The van der Waals surface area contributed by atoms with E-state index in [-0.39, 0.29) is 58.8 Å². The second-order valence-electron chi connectivity index (χ2n) is 8.95. The number of aliphatic carboxylic acids is 1. The molecule has 1 aliphatic heterocycles. The normalized spacial score (nSPS) is 15.6. The molecule has 1 aromatic heterocycles. The number of hydrogen-bond donors (Lipinski definition) is 1. The number of anilines is 1. The molecule has 1 N–H and O–H groups in total. The number of nitrogens with zero attached hydrogens (tertiary/aromatic N) is 3. The van der Waals surface area contributed by atoms with Gasteiger partial charge in [0.1, 0.15) is 17.7 Å². The van der Waals surface area contributed by atoms with Gasteiger partial charge in [-0.15, -0.1) is 5.10 Å². The highest BCUT2D eigenvalue weighted by atomic mass is 35.5. The number of halogens is 2. The molecule has 1 aliphatic rings. The molecule has 3 aromatic rings. The highest BCUT2D eigenvalue weighted by molar-refractivity contribution is 7.93. The number of carboxylic acid groups (broad SMARTS) is 1. The third-order valence-corrected chi connectivity index (χ3v) is 8.28. The summed E-state index contributed by atoms with van der Waals surface area (Å²) in [5.74, 6) is -1.22. The molecule has 39 heavy (non-hydrogen) atoms. The second-order valence-corrected chi connectivity index (χ2v) is 11.2. The quantitative estimate of drug-likeness (QED) is 0.318. The van der Waals surface area contributed by atoms with Crippen molar-refractivity contribution in [2.45, 2.75) is 51.2 Å². The van der Waals surface area contributed by atoms with Crippen LogP contribution in [0.15, 0.2) is 47.5 Å². The molecule has 2 aromatic carbocycles. The molecule has 0 saturated heterocycles. The zero-order valence-corrected chi connectivity index (χ0v) is 23.3. The average molecular weight is 578 g/mol. The van der Waals surface area contributed by atoms with Gasteiger partial charge in [0.05, 0.1) is 23.9 Å². The minimum Gasteiger partial charge on any atom is -0.486 e. The van der Waals surface area contributed by atoms with Crippen LogP contribution in [0.3, 0.4) is 0 Å². The molecule has 0 spiro atoms. The van der Waals surface area contributed by atoms with Crippen molar-refractivity contribution in [1.29, 1.82) is 0 Å². The average Bonchev–Trinajstić information content (AvgIpc) is 3.31. The fourth-order valence-electron chi connectivity index (χ4n) is 4.36. The molecule has 2 heterocycles. The monoisotopic (exact) mass is 577 g/mol. The number of aromatic nitrogens is 2. The van der Waals surface area contributed by atoms with E-state index < -0.39 is 27.9 Å². The van der Waals surface area contributed by atoms with Gasteiger partial charge in [0, 0.05) is 24.7 Å². The van der Waals surface area contributed by atoms with E-state index in [2.05, 4.69) is 5.10 Å². The minimum absolute atomic E-state index is 0.0180. The fraction of sp³-hybridized carbons (Fsp3) is 0.333. The molecule has 0 amide bonds. The molecular weight excluding hydrogens is 549 g/mol. The Hall–Kier alpha value is -3.57. The lowest BCUT2D eigenvalue weighted by Gasteiger charge is -2.35. The molecule has 1 atom stereocenters. The van der Waals surface area contributed by atoms with E-state index in [4.69, 9.17) is 26.2 Å². The molecule has 0 fully saturated rings. The van der Waals surface area contributed by atoms with E-state index in [1.54, 1.807) is 44.2 Å². The zero-order valence-electron chi connectivity index (χ0n) is 21.7. The van der Waals surface area contributed by atoms with Gasteiger partial charge in [-0.1, -0.05) is 29.8 Å². The summed E-state index contributed by atoms with van der Waals surface area (Å²) in [6.07, 6.45) is 2.35. The first kappa shape index (κ1) is 28.4. The van der Waals surface area contributed by atoms with Gasteiger partial charge in [0.15, 0.2) is 4.90 Å². The summed E-state index contributed by atoms with van der Waals surface area (Å²) in [6, 6.07) is 9.38. The Kier molecular flexibility index (Phi) is 8.51. The number of carbonyl (C=O) groups is 1. The smallest absolute Gasteiger partial charge is 0.303 e. The van der Waals surface area contributed by atoms with Gasteiger partial charge in [0.25, 0.3) is 15.9 Å². The molecule has 1 unspecified atom stereocenters. The van der Waals surface area contributed by atoms with Crippen molar-refractivity contribution in [3.63, 3.8) is 0 Å². The van der Waals surface area contributed by atoms with E-state index in [1.165, 1.54) is 27.3 Å². The van der Waals surface area contributed by atoms with Crippen LogP contribution >= 0.6 is 11.6 Å². The lowest BCUT2D eigenvalue weighted by Crippen LogP contribution is -2.43. The lowest BCUT2D eigenvalue weighted by molar-refractivity contribution is -0.137. The highest BCUT2D eigenvalue weighted by Crippen LogP contribution is 2.41. The number of sulfonamides is 1. The van der Waals surface area contributed by atoms with E-state index in [1.807, 2.05) is 6.92 Å². The predicted octanol–water partition coefficient (Wildman–Crippen LogP) is 5.48. The van der Waals surface area contributed by atoms with Crippen LogP contribution in [0.4, 0.5) is 10.1 Å². The SMILES string of the molecule is CCOc1nn(CC)cc1S(=O)(=O)N1CC(CCC(=O)O)Oc2ccc(C=C(C)c3c(F)cccc3Cl)cc21.